The van der Waals surface area contributed by atoms with E-state index in [1.807, 2.05) is 0 Å². The molecule has 0 aliphatic carbocycles. The number of ether oxygens (including phenoxy) is 1. The number of rotatable bonds is 20. The lowest BCUT2D eigenvalue weighted by molar-refractivity contribution is -0.142. The van der Waals surface area contributed by atoms with Crippen LogP contribution in [-0.2, 0) is 9.53 Å². The summed E-state index contributed by atoms with van der Waals surface area (Å²) in [6.45, 7) is 2.41. The maximum absolute atomic E-state index is 11.9. The Bertz CT molecular complexity index is 622. The van der Waals surface area contributed by atoms with Crippen LogP contribution >= 0.6 is 0 Å². The molecule has 0 unspecified atom stereocenters. The Hall–Kier alpha value is -2.11. The maximum Gasteiger partial charge on any atom is 0.325 e. The number of aromatic nitrogens is 1. The van der Waals surface area contributed by atoms with Gasteiger partial charge in [0.1, 0.15) is 12.3 Å². The molecule has 0 saturated heterocycles. The minimum Gasteiger partial charge on any atom is -0.505 e. The highest BCUT2D eigenvalue weighted by atomic mass is 16.5. The predicted molar refractivity (Wildman–Crippen MR) is 129 cm³/mol. The zero-order valence-corrected chi connectivity index (χ0v) is 20.1. The molecule has 182 valence electrons. The average Bonchev–Trinajstić information content (AvgIpc) is 2.79. The largest absolute Gasteiger partial charge is 0.505 e. The molecule has 1 amide bonds. The number of amides is 1. The number of esters is 1. The molecule has 1 aromatic heterocycles. The van der Waals surface area contributed by atoms with Crippen LogP contribution in [0.4, 0.5) is 0 Å². The zero-order valence-electron chi connectivity index (χ0n) is 20.1. The minimum absolute atomic E-state index is 0.0990. The first-order valence-electron chi connectivity index (χ1n) is 12.7. The summed E-state index contributed by atoms with van der Waals surface area (Å²) in [6.07, 6.45) is 22.3. The Morgan fingerprint density at radius 3 is 1.84 bits per heavy atom. The first-order valence-corrected chi connectivity index (χ1v) is 12.7. The van der Waals surface area contributed by atoms with Crippen molar-refractivity contribution in [2.45, 2.75) is 110 Å². The van der Waals surface area contributed by atoms with Crippen LogP contribution in [0.5, 0.6) is 5.75 Å². The van der Waals surface area contributed by atoms with Crippen LogP contribution in [-0.4, -0.2) is 35.1 Å². The van der Waals surface area contributed by atoms with Crippen molar-refractivity contribution in [2.24, 2.45) is 0 Å². The van der Waals surface area contributed by atoms with E-state index >= 15 is 0 Å². The van der Waals surface area contributed by atoms with Crippen LogP contribution in [0.2, 0.25) is 0 Å². The third kappa shape index (κ3) is 14.8. The lowest BCUT2D eigenvalue weighted by Gasteiger charge is -2.07. The topological polar surface area (TPSA) is 88.5 Å². The maximum atomic E-state index is 11.9. The van der Waals surface area contributed by atoms with E-state index in [2.05, 4.69) is 17.2 Å². The van der Waals surface area contributed by atoms with Crippen LogP contribution in [0.25, 0.3) is 0 Å². The molecule has 32 heavy (non-hydrogen) atoms. The minimum atomic E-state index is -0.595. The van der Waals surface area contributed by atoms with Crippen molar-refractivity contribution in [3.63, 3.8) is 0 Å². The lowest BCUT2D eigenvalue weighted by atomic mass is 10.0. The van der Waals surface area contributed by atoms with Gasteiger partial charge >= 0.3 is 5.97 Å². The number of unbranched alkanes of at least 4 members (excludes halogenated alkanes) is 15. The highest BCUT2D eigenvalue weighted by Crippen LogP contribution is 2.14. The molecule has 0 bridgehead atoms. The van der Waals surface area contributed by atoms with E-state index in [9.17, 15) is 14.7 Å². The Balaban J connectivity index is 1.83. The molecule has 1 rings (SSSR count). The van der Waals surface area contributed by atoms with Gasteiger partial charge in [-0.15, -0.1) is 0 Å². The zero-order chi connectivity index (χ0) is 23.3. The molecule has 0 saturated carbocycles. The fraction of sp³-hybridized carbons (Fsp3) is 0.731. The Morgan fingerprint density at radius 1 is 0.844 bits per heavy atom. The van der Waals surface area contributed by atoms with E-state index in [1.54, 1.807) is 0 Å². The van der Waals surface area contributed by atoms with Crippen LogP contribution in [0.15, 0.2) is 18.3 Å². The summed E-state index contributed by atoms with van der Waals surface area (Å²) in [5.74, 6) is -1.29. The SMILES string of the molecule is CCCCCCCCCCCCCCCCCCOC(=O)CNC(=O)c1ncccc1O. The van der Waals surface area contributed by atoms with Gasteiger partial charge in [-0.25, -0.2) is 4.98 Å². The van der Waals surface area contributed by atoms with Crippen molar-refractivity contribution in [1.29, 1.82) is 0 Å². The van der Waals surface area contributed by atoms with E-state index in [-0.39, 0.29) is 18.0 Å². The summed E-state index contributed by atoms with van der Waals surface area (Å²) < 4.78 is 5.14. The second-order valence-corrected chi connectivity index (χ2v) is 8.58. The van der Waals surface area contributed by atoms with Crippen molar-refractivity contribution >= 4 is 11.9 Å². The normalized spacial score (nSPS) is 10.8. The molecule has 0 aromatic carbocycles. The summed E-state index contributed by atoms with van der Waals surface area (Å²) in [5, 5.41) is 12.0. The van der Waals surface area contributed by atoms with Crippen LogP contribution < -0.4 is 5.32 Å². The third-order valence-electron chi connectivity index (χ3n) is 5.66. The second-order valence-electron chi connectivity index (χ2n) is 8.58. The van der Waals surface area contributed by atoms with Crippen LogP contribution in [0.3, 0.4) is 0 Å². The monoisotopic (exact) mass is 448 g/mol. The highest BCUT2D eigenvalue weighted by molar-refractivity contribution is 5.96. The molecular formula is C26H44N2O4. The van der Waals surface area contributed by atoms with Crippen molar-refractivity contribution in [2.75, 3.05) is 13.2 Å². The van der Waals surface area contributed by atoms with E-state index < -0.39 is 11.9 Å². The van der Waals surface area contributed by atoms with E-state index in [0.717, 1.165) is 12.8 Å². The van der Waals surface area contributed by atoms with Crippen LogP contribution in [0.1, 0.15) is 120 Å². The van der Waals surface area contributed by atoms with Gasteiger partial charge in [0.15, 0.2) is 5.69 Å². The number of hydrogen-bond donors (Lipinski definition) is 2. The summed E-state index contributed by atoms with van der Waals surface area (Å²) in [7, 11) is 0. The van der Waals surface area contributed by atoms with Crippen molar-refractivity contribution in [1.82, 2.24) is 10.3 Å². The molecular weight excluding hydrogens is 404 g/mol. The summed E-state index contributed by atoms with van der Waals surface area (Å²) in [5.41, 5.74) is -0.0990. The van der Waals surface area contributed by atoms with Gasteiger partial charge in [0.25, 0.3) is 5.91 Å². The highest BCUT2D eigenvalue weighted by Gasteiger charge is 2.13. The fourth-order valence-corrected chi connectivity index (χ4v) is 3.70. The molecule has 0 radical (unpaired) electrons. The Labute approximate surface area is 194 Å². The second kappa shape index (κ2) is 19.6. The lowest BCUT2D eigenvalue weighted by Crippen LogP contribution is -2.31. The van der Waals surface area contributed by atoms with Crippen molar-refractivity contribution in [3.8, 4) is 5.75 Å². The Kier molecular flexibility index (Phi) is 17.1. The predicted octanol–water partition coefficient (Wildman–Crippen LogP) is 6.32. The van der Waals surface area contributed by atoms with Gasteiger partial charge in [0.05, 0.1) is 6.61 Å². The van der Waals surface area contributed by atoms with Gasteiger partial charge < -0.3 is 15.2 Å². The standard InChI is InChI=1S/C26H44N2O4/c1-2-3-4-5-6-7-8-9-10-11-12-13-14-15-16-17-21-32-24(30)22-28-26(31)25-23(29)19-18-20-27-25/h18-20,29H,2-17,21-22H2,1H3,(H,28,31). The number of aromatic hydroxyl groups is 1. The molecule has 6 nitrogen and oxygen atoms in total. The number of pyridine rings is 1. The molecule has 0 spiro atoms. The van der Waals surface area contributed by atoms with Gasteiger partial charge in [-0.2, -0.15) is 0 Å². The van der Waals surface area contributed by atoms with Crippen molar-refractivity contribution in [3.05, 3.63) is 24.0 Å². The number of nitrogens with zero attached hydrogens (tertiary/aromatic N) is 1. The quantitative estimate of drug-likeness (QED) is 0.180. The number of carbonyl (C=O) groups excluding carboxylic acids is 2. The van der Waals surface area contributed by atoms with Gasteiger partial charge in [0, 0.05) is 6.20 Å². The van der Waals surface area contributed by atoms with Crippen LogP contribution in [0, 0.1) is 0 Å². The number of hydrogen-bond acceptors (Lipinski definition) is 5. The Morgan fingerprint density at radius 2 is 1.34 bits per heavy atom. The van der Waals surface area contributed by atoms with Crippen molar-refractivity contribution < 1.29 is 19.4 Å². The van der Waals surface area contributed by atoms with Gasteiger partial charge in [0.2, 0.25) is 0 Å². The van der Waals surface area contributed by atoms with E-state index in [1.165, 1.54) is 108 Å². The molecule has 6 heteroatoms. The van der Waals surface area contributed by atoms with Gasteiger partial charge in [-0.3, -0.25) is 9.59 Å². The van der Waals surface area contributed by atoms with Gasteiger partial charge in [-0.1, -0.05) is 103 Å². The third-order valence-corrected chi connectivity index (χ3v) is 5.66. The molecule has 2 N–H and O–H groups in total. The molecule has 1 heterocycles. The molecule has 0 aliphatic heterocycles. The first-order chi connectivity index (χ1) is 15.6. The van der Waals surface area contributed by atoms with Gasteiger partial charge in [-0.05, 0) is 18.6 Å². The smallest absolute Gasteiger partial charge is 0.325 e. The summed E-state index contributed by atoms with van der Waals surface area (Å²) in [4.78, 5) is 27.4. The number of nitrogens with one attached hydrogen (secondary N) is 1. The molecule has 0 fully saturated rings. The molecule has 0 aliphatic rings. The average molecular weight is 449 g/mol. The van der Waals surface area contributed by atoms with E-state index in [0.29, 0.717) is 6.61 Å². The first kappa shape index (κ1) is 27.9. The fourth-order valence-electron chi connectivity index (χ4n) is 3.70. The summed E-state index contributed by atoms with van der Waals surface area (Å²) >= 11 is 0. The number of carbonyl (C=O) groups is 2. The van der Waals surface area contributed by atoms with E-state index in [4.69, 9.17) is 4.74 Å². The summed E-state index contributed by atoms with van der Waals surface area (Å²) in [6, 6.07) is 2.90. The molecule has 1 aromatic rings. The molecule has 0 atom stereocenters.